The Morgan fingerprint density at radius 2 is 1.75 bits per heavy atom. The van der Waals surface area contributed by atoms with Gasteiger partial charge in [0, 0.05) is 12.1 Å². The summed E-state index contributed by atoms with van der Waals surface area (Å²) in [5, 5.41) is 2.68. The van der Waals surface area contributed by atoms with Crippen molar-refractivity contribution >= 4 is 15.9 Å². The van der Waals surface area contributed by atoms with Crippen LogP contribution in [0.2, 0.25) is 0 Å². The van der Waals surface area contributed by atoms with E-state index in [9.17, 15) is 13.2 Å². The van der Waals surface area contributed by atoms with E-state index in [1.54, 1.807) is 12.1 Å². The first-order chi connectivity index (χ1) is 9.14. The second kappa shape index (κ2) is 6.34. The maximum Gasteiger partial charge on any atom is 0.241 e. The molecule has 7 heteroatoms. The van der Waals surface area contributed by atoms with Crippen molar-refractivity contribution in [1.29, 1.82) is 0 Å². The van der Waals surface area contributed by atoms with Crippen LogP contribution in [0.3, 0.4) is 0 Å². The quantitative estimate of drug-likeness (QED) is 0.729. The van der Waals surface area contributed by atoms with Gasteiger partial charge in [-0.2, -0.15) is 0 Å². The van der Waals surface area contributed by atoms with Crippen molar-refractivity contribution in [1.82, 2.24) is 10.0 Å². The number of rotatable bonds is 5. The number of amides is 1. The fraction of sp³-hybridized carbons (Fsp3) is 0.462. The minimum atomic E-state index is -3.69. The third kappa shape index (κ3) is 5.28. The Morgan fingerprint density at radius 1 is 1.20 bits per heavy atom. The van der Waals surface area contributed by atoms with Crippen molar-refractivity contribution < 1.29 is 13.2 Å². The van der Waals surface area contributed by atoms with Crippen LogP contribution in [0, 0.1) is 0 Å². The molecule has 0 bridgehead atoms. The van der Waals surface area contributed by atoms with Gasteiger partial charge in [-0.3, -0.25) is 4.79 Å². The summed E-state index contributed by atoms with van der Waals surface area (Å²) in [5.41, 5.74) is 5.89. The second-order valence-corrected chi connectivity index (χ2v) is 7.24. The van der Waals surface area contributed by atoms with Gasteiger partial charge in [0.15, 0.2) is 0 Å². The topological polar surface area (TPSA) is 101 Å². The number of sulfonamides is 1. The van der Waals surface area contributed by atoms with E-state index in [0.29, 0.717) is 6.54 Å². The summed E-state index contributed by atoms with van der Waals surface area (Å²) in [6, 6.07) is 6.21. The van der Waals surface area contributed by atoms with Crippen LogP contribution in [0.15, 0.2) is 29.2 Å². The number of carbonyl (C=O) groups is 1. The molecule has 20 heavy (non-hydrogen) atoms. The molecule has 1 aromatic rings. The molecule has 0 unspecified atom stereocenters. The van der Waals surface area contributed by atoms with E-state index in [2.05, 4.69) is 10.0 Å². The first-order valence-corrected chi connectivity index (χ1v) is 7.72. The molecule has 0 heterocycles. The van der Waals surface area contributed by atoms with Gasteiger partial charge in [0.1, 0.15) is 0 Å². The molecule has 6 nitrogen and oxygen atoms in total. The molecule has 0 aliphatic heterocycles. The Labute approximate surface area is 119 Å². The van der Waals surface area contributed by atoms with Crippen molar-refractivity contribution in [3.8, 4) is 0 Å². The van der Waals surface area contributed by atoms with E-state index in [1.165, 1.54) is 12.1 Å². The van der Waals surface area contributed by atoms with Crippen LogP contribution in [0.25, 0.3) is 0 Å². The van der Waals surface area contributed by atoms with Crippen LogP contribution < -0.4 is 15.8 Å². The van der Waals surface area contributed by atoms with Crippen LogP contribution in [0.5, 0.6) is 0 Å². The van der Waals surface area contributed by atoms with Crippen LogP contribution in [-0.2, 0) is 21.4 Å². The summed E-state index contributed by atoms with van der Waals surface area (Å²) >= 11 is 0. The lowest BCUT2D eigenvalue weighted by Gasteiger charge is -2.20. The largest absolute Gasteiger partial charge is 0.350 e. The Hall–Kier alpha value is -1.44. The van der Waals surface area contributed by atoms with Gasteiger partial charge in [-0.05, 0) is 38.5 Å². The molecule has 0 radical (unpaired) electrons. The lowest BCUT2D eigenvalue weighted by atomic mass is 10.1. The zero-order valence-electron chi connectivity index (χ0n) is 11.9. The van der Waals surface area contributed by atoms with Crippen molar-refractivity contribution in [3.63, 3.8) is 0 Å². The minimum Gasteiger partial charge on any atom is -0.350 e. The van der Waals surface area contributed by atoms with Gasteiger partial charge >= 0.3 is 0 Å². The highest BCUT2D eigenvalue weighted by atomic mass is 32.2. The fourth-order valence-electron chi connectivity index (χ4n) is 1.51. The van der Waals surface area contributed by atoms with Gasteiger partial charge < -0.3 is 11.1 Å². The van der Waals surface area contributed by atoms with Gasteiger partial charge in [0.25, 0.3) is 0 Å². The molecule has 0 saturated carbocycles. The normalized spacial score (nSPS) is 12.2. The number of hydrogen-bond donors (Lipinski definition) is 3. The minimum absolute atomic E-state index is 0.109. The molecule has 112 valence electrons. The van der Waals surface area contributed by atoms with Crippen LogP contribution in [0.4, 0.5) is 0 Å². The van der Waals surface area contributed by atoms with E-state index in [1.807, 2.05) is 20.8 Å². The Bertz CT molecular complexity index is 560. The molecule has 0 aliphatic carbocycles. The summed E-state index contributed by atoms with van der Waals surface area (Å²) in [6.45, 7) is 5.53. The maximum absolute atomic E-state index is 12.0. The monoisotopic (exact) mass is 299 g/mol. The summed E-state index contributed by atoms with van der Waals surface area (Å²) in [6.07, 6.45) is 0. The van der Waals surface area contributed by atoms with Crippen LogP contribution in [0.1, 0.15) is 26.3 Å². The molecule has 0 spiro atoms. The number of nitrogens with two attached hydrogens (primary N) is 1. The predicted molar refractivity (Wildman–Crippen MR) is 77.4 cm³/mol. The first-order valence-electron chi connectivity index (χ1n) is 6.24. The standard InChI is InChI=1S/C13H21N3O3S/c1-13(2,3)16-12(17)9-15-20(18,19)11-6-4-10(8-14)5-7-11/h4-7,15H,8-9,14H2,1-3H3,(H,16,17). The van der Waals surface area contributed by atoms with E-state index < -0.39 is 15.6 Å². The lowest BCUT2D eigenvalue weighted by Crippen LogP contribution is -2.45. The van der Waals surface area contributed by atoms with Crippen molar-refractivity contribution in [2.75, 3.05) is 6.54 Å². The molecule has 0 aromatic heterocycles. The smallest absolute Gasteiger partial charge is 0.241 e. The SMILES string of the molecule is CC(C)(C)NC(=O)CNS(=O)(=O)c1ccc(CN)cc1. The lowest BCUT2D eigenvalue weighted by molar-refractivity contribution is -0.121. The molecule has 1 rings (SSSR count). The molecule has 0 saturated heterocycles. The fourth-order valence-corrected chi connectivity index (χ4v) is 2.49. The second-order valence-electron chi connectivity index (χ2n) is 5.47. The molecule has 1 aromatic carbocycles. The number of carbonyl (C=O) groups excluding carboxylic acids is 1. The Morgan fingerprint density at radius 3 is 2.20 bits per heavy atom. The van der Waals surface area contributed by atoms with Gasteiger partial charge in [-0.15, -0.1) is 0 Å². The van der Waals surface area contributed by atoms with Crippen molar-refractivity contribution in [2.45, 2.75) is 37.8 Å². The molecule has 0 aliphatic rings. The van der Waals surface area contributed by atoms with Crippen LogP contribution in [-0.4, -0.2) is 26.4 Å². The number of benzene rings is 1. The van der Waals surface area contributed by atoms with Gasteiger partial charge in [-0.1, -0.05) is 12.1 Å². The zero-order chi connectivity index (χ0) is 15.4. The Kier molecular flexibility index (Phi) is 5.27. The first kappa shape index (κ1) is 16.6. The predicted octanol–water partition coefficient (Wildman–Crippen LogP) is 0.338. The number of hydrogen-bond acceptors (Lipinski definition) is 4. The van der Waals surface area contributed by atoms with Crippen LogP contribution >= 0.6 is 0 Å². The summed E-state index contributed by atoms with van der Waals surface area (Å²) < 4.78 is 26.2. The van der Waals surface area contributed by atoms with E-state index in [0.717, 1.165) is 5.56 Å². The maximum atomic E-state index is 12.0. The summed E-state index contributed by atoms with van der Waals surface area (Å²) in [7, 11) is -3.69. The average molecular weight is 299 g/mol. The number of nitrogens with one attached hydrogen (secondary N) is 2. The van der Waals surface area contributed by atoms with Gasteiger partial charge in [0.05, 0.1) is 11.4 Å². The molecule has 0 fully saturated rings. The highest BCUT2D eigenvalue weighted by molar-refractivity contribution is 7.89. The average Bonchev–Trinajstić information content (AvgIpc) is 2.35. The van der Waals surface area contributed by atoms with Crippen molar-refractivity contribution in [2.24, 2.45) is 5.73 Å². The highest BCUT2D eigenvalue weighted by Gasteiger charge is 2.18. The van der Waals surface area contributed by atoms with E-state index in [4.69, 9.17) is 5.73 Å². The third-order valence-electron chi connectivity index (χ3n) is 2.41. The molecule has 0 atom stereocenters. The van der Waals surface area contributed by atoms with Crippen molar-refractivity contribution in [3.05, 3.63) is 29.8 Å². The highest BCUT2D eigenvalue weighted by Crippen LogP contribution is 2.10. The molecular formula is C13H21N3O3S. The molecule has 1 amide bonds. The molecule has 4 N–H and O–H groups in total. The third-order valence-corrected chi connectivity index (χ3v) is 3.82. The Balaban J connectivity index is 2.68. The van der Waals surface area contributed by atoms with E-state index >= 15 is 0 Å². The summed E-state index contributed by atoms with van der Waals surface area (Å²) in [4.78, 5) is 11.7. The van der Waals surface area contributed by atoms with Gasteiger partial charge in [-0.25, -0.2) is 13.1 Å². The molecular weight excluding hydrogens is 278 g/mol. The van der Waals surface area contributed by atoms with Gasteiger partial charge in [0.2, 0.25) is 15.9 Å². The zero-order valence-corrected chi connectivity index (χ0v) is 12.8. The van der Waals surface area contributed by atoms with E-state index in [-0.39, 0.29) is 17.3 Å². The summed E-state index contributed by atoms with van der Waals surface area (Å²) in [5.74, 6) is -0.375.